The Morgan fingerprint density at radius 1 is 0.944 bits per heavy atom. The van der Waals surface area contributed by atoms with Crippen LogP contribution in [0.1, 0.15) is 12.5 Å². The second kappa shape index (κ2) is 4.61. The van der Waals surface area contributed by atoms with E-state index in [1.807, 2.05) is 6.20 Å². The van der Waals surface area contributed by atoms with Gasteiger partial charge in [-0.3, -0.25) is 4.98 Å². The number of benzene rings is 2. The van der Waals surface area contributed by atoms with Crippen LogP contribution >= 0.6 is 0 Å². The van der Waals surface area contributed by atoms with Gasteiger partial charge in [0.2, 0.25) is 0 Å². The van der Waals surface area contributed by atoms with Gasteiger partial charge < -0.3 is 0 Å². The molecule has 0 unspecified atom stereocenters. The summed E-state index contributed by atoms with van der Waals surface area (Å²) >= 11 is 0. The van der Waals surface area contributed by atoms with E-state index in [9.17, 15) is 0 Å². The van der Waals surface area contributed by atoms with Crippen LogP contribution in [0.15, 0.2) is 60.8 Å². The van der Waals surface area contributed by atoms with Crippen LogP contribution in [-0.2, 0) is 6.42 Å². The Balaban J connectivity index is 2.24. The molecule has 1 nitrogen and oxygen atoms in total. The molecular weight excluding hydrogens is 218 g/mol. The molecule has 1 aromatic heterocycles. The van der Waals surface area contributed by atoms with Crippen molar-refractivity contribution in [1.82, 2.24) is 4.98 Å². The lowest BCUT2D eigenvalue weighted by molar-refractivity contribution is 1.14. The summed E-state index contributed by atoms with van der Waals surface area (Å²) in [4.78, 5) is 4.55. The molecule has 18 heavy (non-hydrogen) atoms. The highest BCUT2D eigenvalue weighted by molar-refractivity contribution is 5.94. The molecule has 0 amide bonds. The SMILES string of the molecule is CCc1cccc(-c2nccc3ccccc23)c1. The van der Waals surface area contributed by atoms with Crippen LogP contribution in [0.3, 0.4) is 0 Å². The van der Waals surface area contributed by atoms with Gasteiger partial charge >= 0.3 is 0 Å². The highest BCUT2D eigenvalue weighted by atomic mass is 14.7. The predicted octanol–water partition coefficient (Wildman–Crippen LogP) is 4.46. The molecule has 0 aliphatic heterocycles. The molecule has 0 aliphatic carbocycles. The lowest BCUT2D eigenvalue weighted by Crippen LogP contribution is -1.87. The Hall–Kier alpha value is -2.15. The third kappa shape index (κ3) is 1.88. The summed E-state index contributed by atoms with van der Waals surface area (Å²) in [6, 6.07) is 19.1. The number of aryl methyl sites for hydroxylation is 1. The average molecular weight is 233 g/mol. The zero-order valence-electron chi connectivity index (χ0n) is 10.4. The monoisotopic (exact) mass is 233 g/mol. The number of rotatable bonds is 2. The van der Waals surface area contributed by atoms with E-state index in [0.717, 1.165) is 12.1 Å². The van der Waals surface area contributed by atoms with Crippen LogP contribution in [0, 0.1) is 0 Å². The number of nitrogens with zero attached hydrogens (tertiary/aromatic N) is 1. The van der Waals surface area contributed by atoms with E-state index in [1.54, 1.807) is 0 Å². The molecule has 1 heterocycles. The van der Waals surface area contributed by atoms with Gasteiger partial charge in [-0.2, -0.15) is 0 Å². The molecule has 0 radical (unpaired) electrons. The van der Waals surface area contributed by atoms with Gasteiger partial charge in [0.1, 0.15) is 0 Å². The van der Waals surface area contributed by atoms with Gasteiger partial charge in [0.25, 0.3) is 0 Å². The highest BCUT2D eigenvalue weighted by Crippen LogP contribution is 2.26. The van der Waals surface area contributed by atoms with E-state index in [1.165, 1.54) is 21.9 Å². The van der Waals surface area contributed by atoms with Crippen molar-refractivity contribution < 1.29 is 0 Å². The first-order chi connectivity index (χ1) is 8.88. The molecule has 0 N–H and O–H groups in total. The summed E-state index contributed by atoms with van der Waals surface area (Å²) < 4.78 is 0. The molecule has 0 saturated heterocycles. The van der Waals surface area contributed by atoms with Crippen LogP contribution in [0.25, 0.3) is 22.0 Å². The van der Waals surface area contributed by atoms with E-state index in [0.29, 0.717) is 0 Å². The van der Waals surface area contributed by atoms with Crippen molar-refractivity contribution in [2.75, 3.05) is 0 Å². The minimum atomic E-state index is 1.05. The van der Waals surface area contributed by atoms with E-state index < -0.39 is 0 Å². The summed E-state index contributed by atoms with van der Waals surface area (Å²) in [7, 11) is 0. The fraction of sp³-hybridized carbons (Fsp3) is 0.118. The highest BCUT2D eigenvalue weighted by Gasteiger charge is 2.04. The number of hydrogen-bond acceptors (Lipinski definition) is 1. The number of fused-ring (bicyclic) bond motifs is 1. The normalized spacial score (nSPS) is 10.7. The van der Waals surface area contributed by atoms with Crippen molar-refractivity contribution in [1.29, 1.82) is 0 Å². The molecular formula is C17H15N. The third-order valence-electron chi connectivity index (χ3n) is 3.28. The Bertz CT molecular complexity index is 681. The van der Waals surface area contributed by atoms with Gasteiger partial charge in [0.05, 0.1) is 5.69 Å². The fourth-order valence-electron chi connectivity index (χ4n) is 2.29. The zero-order valence-corrected chi connectivity index (χ0v) is 10.4. The standard InChI is InChI=1S/C17H15N/c1-2-13-6-5-8-15(12-13)17-16-9-4-3-7-14(16)10-11-18-17/h3-12H,2H2,1H3. The second-order valence-corrected chi connectivity index (χ2v) is 4.43. The van der Waals surface area contributed by atoms with Crippen molar-refractivity contribution in [3.05, 3.63) is 66.4 Å². The maximum absolute atomic E-state index is 4.55. The minimum Gasteiger partial charge on any atom is -0.256 e. The van der Waals surface area contributed by atoms with Crippen LogP contribution in [-0.4, -0.2) is 4.98 Å². The van der Waals surface area contributed by atoms with Gasteiger partial charge in [-0.05, 0) is 29.5 Å². The molecule has 3 aromatic rings. The lowest BCUT2D eigenvalue weighted by atomic mass is 10.0. The molecule has 0 spiro atoms. The number of aromatic nitrogens is 1. The molecule has 0 saturated carbocycles. The predicted molar refractivity (Wildman–Crippen MR) is 76.6 cm³/mol. The molecule has 88 valence electrons. The molecule has 0 fully saturated rings. The summed E-state index contributed by atoms with van der Waals surface area (Å²) in [6.45, 7) is 2.18. The van der Waals surface area contributed by atoms with Crippen LogP contribution < -0.4 is 0 Å². The van der Waals surface area contributed by atoms with Gasteiger partial charge in [-0.25, -0.2) is 0 Å². The zero-order chi connectivity index (χ0) is 12.4. The first-order valence-corrected chi connectivity index (χ1v) is 6.31. The summed E-state index contributed by atoms with van der Waals surface area (Å²) in [5.41, 5.74) is 3.62. The first-order valence-electron chi connectivity index (χ1n) is 6.31. The topological polar surface area (TPSA) is 12.9 Å². The molecule has 1 heteroatoms. The molecule has 2 aromatic carbocycles. The van der Waals surface area contributed by atoms with Crippen molar-refractivity contribution in [3.63, 3.8) is 0 Å². The Morgan fingerprint density at radius 3 is 2.72 bits per heavy atom. The average Bonchev–Trinajstić information content (AvgIpc) is 2.47. The van der Waals surface area contributed by atoms with Gasteiger partial charge in [-0.15, -0.1) is 0 Å². The molecule has 0 aliphatic rings. The summed E-state index contributed by atoms with van der Waals surface area (Å²) in [5, 5.41) is 2.46. The summed E-state index contributed by atoms with van der Waals surface area (Å²) in [5.74, 6) is 0. The Morgan fingerprint density at radius 2 is 1.83 bits per heavy atom. The summed E-state index contributed by atoms with van der Waals surface area (Å²) in [6.07, 6.45) is 2.94. The number of pyridine rings is 1. The van der Waals surface area contributed by atoms with Crippen LogP contribution in [0.4, 0.5) is 0 Å². The van der Waals surface area contributed by atoms with Crippen LogP contribution in [0.2, 0.25) is 0 Å². The largest absolute Gasteiger partial charge is 0.256 e. The maximum Gasteiger partial charge on any atom is 0.0780 e. The van der Waals surface area contributed by atoms with Crippen molar-refractivity contribution in [2.24, 2.45) is 0 Å². The van der Waals surface area contributed by atoms with E-state index in [2.05, 4.69) is 66.5 Å². The Kier molecular flexibility index (Phi) is 2.81. The fourth-order valence-corrected chi connectivity index (χ4v) is 2.29. The van der Waals surface area contributed by atoms with Gasteiger partial charge in [0.15, 0.2) is 0 Å². The van der Waals surface area contributed by atoms with Crippen molar-refractivity contribution in [3.8, 4) is 11.3 Å². The number of hydrogen-bond donors (Lipinski definition) is 0. The van der Waals surface area contributed by atoms with Crippen molar-refractivity contribution >= 4 is 10.8 Å². The molecule has 3 rings (SSSR count). The molecule has 0 bridgehead atoms. The smallest absolute Gasteiger partial charge is 0.0780 e. The lowest BCUT2D eigenvalue weighted by Gasteiger charge is -2.07. The van der Waals surface area contributed by atoms with Gasteiger partial charge in [0, 0.05) is 17.1 Å². The first kappa shape index (κ1) is 11.0. The van der Waals surface area contributed by atoms with E-state index in [4.69, 9.17) is 0 Å². The van der Waals surface area contributed by atoms with Crippen LogP contribution in [0.5, 0.6) is 0 Å². The van der Waals surface area contributed by atoms with Gasteiger partial charge in [-0.1, -0.05) is 49.4 Å². The second-order valence-electron chi connectivity index (χ2n) is 4.43. The van der Waals surface area contributed by atoms with E-state index >= 15 is 0 Å². The Labute approximate surface area is 107 Å². The van der Waals surface area contributed by atoms with E-state index in [-0.39, 0.29) is 0 Å². The minimum absolute atomic E-state index is 1.05. The van der Waals surface area contributed by atoms with Crippen molar-refractivity contribution in [2.45, 2.75) is 13.3 Å². The molecule has 0 atom stereocenters. The third-order valence-corrected chi connectivity index (χ3v) is 3.28. The quantitative estimate of drug-likeness (QED) is 0.636. The maximum atomic E-state index is 4.55.